The lowest BCUT2D eigenvalue weighted by Gasteiger charge is -2.19. The van der Waals surface area contributed by atoms with Gasteiger partial charge in [0, 0.05) is 11.1 Å². The molecule has 0 spiro atoms. The molecule has 0 heterocycles. The van der Waals surface area contributed by atoms with Gasteiger partial charge in [-0.1, -0.05) is 48.4 Å². The van der Waals surface area contributed by atoms with Gasteiger partial charge in [-0.3, -0.25) is 0 Å². The van der Waals surface area contributed by atoms with Crippen LogP contribution < -0.4 is 4.74 Å². The van der Waals surface area contributed by atoms with Gasteiger partial charge in [-0.15, -0.1) is 6.42 Å². The summed E-state index contributed by atoms with van der Waals surface area (Å²) in [6.07, 6.45) is 5.69. The Hall–Kier alpha value is -3.51. The lowest BCUT2D eigenvalue weighted by atomic mass is 9.98. The van der Waals surface area contributed by atoms with Crippen LogP contribution in [0.4, 0.5) is 0 Å². The molecule has 0 amide bonds. The minimum atomic E-state index is -0.531. The zero-order valence-corrected chi connectivity index (χ0v) is 16.9. The first-order valence-electron chi connectivity index (χ1n) is 9.47. The Morgan fingerprint density at radius 1 is 0.966 bits per heavy atom. The number of esters is 1. The van der Waals surface area contributed by atoms with Gasteiger partial charge in [0.25, 0.3) is 0 Å². The highest BCUT2D eigenvalue weighted by Gasteiger charge is 2.18. The largest absolute Gasteiger partial charge is 0.489 e. The first kappa shape index (κ1) is 20.2. The van der Waals surface area contributed by atoms with Crippen LogP contribution in [-0.4, -0.2) is 11.6 Å². The minimum absolute atomic E-state index is 0.346. The van der Waals surface area contributed by atoms with Gasteiger partial charge in [0.05, 0.1) is 5.56 Å². The van der Waals surface area contributed by atoms with Crippen LogP contribution in [0.2, 0.25) is 0 Å². The maximum Gasteiger partial charge on any atom is 0.338 e. The van der Waals surface area contributed by atoms with Crippen LogP contribution in [-0.2, 0) is 11.3 Å². The summed E-state index contributed by atoms with van der Waals surface area (Å²) in [5.74, 6) is 3.11. The van der Waals surface area contributed by atoms with E-state index in [0.717, 1.165) is 28.0 Å². The third-order valence-corrected chi connectivity index (χ3v) is 4.23. The standard InChI is InChI=1S/C26H24O3/c1-5-20-15-16-23(28-18-19-9-7-6-8-10-19)17-24(20)21-11-13-22(14-12-21)25(27)29-26(2,3)4/h1,6-17H,18H2,2-4H3. The maximum absolute atomic E-state index is 12.2. The van der Waals surface area contributed by atoms with Gasteiger partial charge in [0.15, 0.2) is 0 Å². The average molecular weight is 384 g/mol. The van der Waals surface area contributed by atoms with E-state index in [2.05, 4.69) is 5.92 Å². The monoisotopic (exact) mass is 384 g/mol. The molecule has 0 unspecified atom stereocenters. The van der Waals surface area contributed by atoms with Crippen molar-refractivity contribution >= 4 is 5.97 Å². The summed E-state index contributed by atoms with van der Waals surface area (Å²) in [5.41, 5.74) is 3.63. The third kappa shape index (κ3) is 5.49. The van der Waals surface area contributed by atoms with Crippen molar-refractivity contribution in [2.75, 3.05) is 0 Å². The minimum Gasteiger partial charge on any atom is -0.489 e. The molecule has 0 aliphatic heterocycles. The van der Waals surface area contributed by atoms with Crippen molar-refractivity contribution in [3.05, 3.63) is 89.5 Å². The summed E-state index contributed by atoms with van der Waals surface area (Å²) in [6, 6.07) is 22.9. The fourth-order valence-electron chi connectivity index (χ4n) is 2.84. The van der Waals surface area contributed by atoms with Crippen LogP contribution in [0.25, 0.3) is 11.1 Å². The Labute approximate surface area is 172 Å². The number of hydrogen-bond donors (Lipinski definition) is 0. The molecule has 0 saturated heterocycles. The lowest BCUT2D eigenvalue weighted by molar-refractivity contribution is 0.00695. The predicted molar refractivity (Wildman–Crippen MR) is 116 cm³/mol. The Morgan fingerprint density at radius 2 is 1.66 bits per heavy atom. The van der Waals surface area contributed by atoms with E-state index in [9.17, 15) is 4.79 Å². The number of terminal acetylenes is 1. The topological polar surface area (TPSA) is 35.5 Å². The van der Waals surface area contributed by atoms with Crippen molar-refractivity contribution in [3.63, 3.8) is 0 Å². The van der Waals surface area contributed by atoms with Gasteiger partial charge < -0.3 is 9.47 Å². The summed E-state index contributed by atoms with van der Waals surface area (Å²) in [7, 11) is 0. The van der Waals surface area contributed by atoms with E-state index in [1.165, 1.54) is 0 Å². The molecule has 0 saturated carbocycles. The first-order chi connectivity index (χ1) is 13.9. The fourth-order valence-corrected chi connectivity index (χ4v) is 2.84. The predicted octanol–water partition coefficient (Wildman–Crippen LogP) is 5.87. The van der Waals surface area contributed by atoms with Crippen molar-refractivity contribution < 1.29 is 14.3 Å². The van der Waals surface area contributed by atoms with Crippen LogP contribution >= 0.6 is 0 Å². The zero-order valence-electron chi connectivity index (χ0n) is 16.9. The molecule has 3 rings (SSSR count). The second-order valence-corrected chi connectivity index (χ2v) is 7.71. The van der Waals surface area contributed by atoms with Crippen LogP contribution in [0.5, 0.6) is 5.75 Å². The van der Waals surface area contributed by atoms with Crippen LogP contribution in [0.3, 0.4) is 0 Å². The molecule has 0 aliphatic carbocycles. The van der Waals surface area contributed by atoms with Crippen molar-refractivity contribution in [2.24, 2.45) is 0 Å². The second-order valence-electron chi connectivity index (χ2n) is 7.71. The second kappa shape index (κ2) is 8.67. The van der Waals surface area contributed by atoms with E-state index < -0.39 is 5.60 Å². The number of hydrogen-bond acceptors (Lipinski definition) is 3. The number of rotatable bonds is 5. The smallest absolute Gasteiger partial charge is 0.338 e. The Bertz CT molecular complexity index is 1020. The molecule has 0 N–H and O–H groups in total. The number of carbonyl (C=O) groups is 1. The highest BCUT2D eigenvalue weighted by atomic mass is 16.6. The lowest BCUT2D eigenvalue weighted by Crippen LogP contribution is -2.23. The molecule has 146 valence electrons. The van der Waals surface area contributed by atoms with Crippen LogP contribution in [0.1, 0.15) is 42.3 Å². The van der Waals surface area contributed by atoms with Gasteiger partial charge in [-0.25, -0.2) is 4.79 Å². The highest BCUT2D eigenvalue weighted by Crippen LogP contribution is 2.29. The SMILES string of the molecule is C#Cc1ccc(OCc2ccccc2)cc1-c1ccc(C(=O)OC(C)(C)C)cc1. The molecule has 0 bridgehead atoms. The Kier molecular flexibility index (Phi) is 6.04. The molecule has 3 aromatic rings. The molecule has 29 heavy (non-hydrogen) atoms. The third-order valence-electron chi connectivity index (χ3n) is 4.23. The van der Waals surface area contributed by atoms with Gasteiger partial charge in [0.1, 0.15) is 18.0 Å². The molecular weight excluding hydrogens is 360 g/mol. The summed E-state index contributed by atoms with van der Waals surface area (Å²) >= 11 is 0. The summed E-state index contributed by atoms with van der Waals surface area (Å²) in [5, 5.41) is 0. The number of ether oxygens (including phenoxy) is 2. The van der Waals surface area contributed by atoms with E-state index in [1.807, 2.05) is 81.4 Å². The molecule has 3 heteroatoms. The van der Waals surface area contributed by atoms with Crippen molar-refractivity contribution in [1.82, 2.24) is 0 Å². The Morgan fingerprint density at radius 3 is 2.28 bits per heavy atom. The maximum atomic E-state index is 12.2. The first-order valence-corrected chi connectivity index (χ1v) is 9.47. The molecule has 0 radical (unpaired) electrons. The normalized spacial score (nSPS) is 10.8. The number of carbonyl (C=O) groups excluding carboxylic acids is 1. The van der Waals surface area contributed by atoms with Crippen LogP contribution in [0, 0.1) is 12.3 Å². The molecule has 0 fully saturated rings. The van der Waals surface area contributed by atoms with E-state index in [4.69, 9.17) is 15.9 Å². The molecule has 0 atom stereocenters. The fraction of sp³-hybridized carbons (Fsp3) is 0.192. The van der Waals surface area contributed by atoms with E-state index in [1.54, 1.807) is 12.1 Å². The molecule has 3 nitrogen and oxygen atoms in total. The van der Waals surface area contributed by atoms with Gasteiger partial charge in [-0.05, 0) is 62.2 Å². The summed E-state index contributed by atoms with van der Waals surface area (Å²) < 4.78 is 11.3. The quantitative estimate of drug-likeness (QED) is 0.408. The number of benzene rings is 3. The summed E-state index contributed by atoms with van der Waals surface area (Å²) in [4.78, 5) is 12.2. The summed E-state index contributed by atoms with van der Waals surface area (Å²) in [6.45, 7) is 6.02. The van der Waals surface area contributed by atoms with Crippen molar-refractivity contribution in [2.45, 2.75) is 33.0 Å². The van der Waals surface area contributed by atoms with Gasteiger partial charge in [-0.2, -0.15) is 0 Å². The van der Waals surface area contributed by atoms with Crippen LogP contribution in [0.15, 0.2) is 72.8 Å². The molecule has 0 aliphatic rings. The van der Waals surface area contributed by atoms with E-state index in [-0.39, 0.29) is 5.97 Å². The average Bonchev–Trinajstić information content (AvgIpc) is 2.71. The van der Waals surface area contributed by atoms with Crippen molar-refractivity contribution in [1.29, 1.82) is 0 Å². The van der Waals surface area contributed by atoms with Gasteiger partial charge in [0.2, 0.25) is 0 Å². The molecular formula is C26H24O3. The Balaban J connectivity index is 1.81. The highest BCUT2D eigenvalue weighted by molar-refractivity contribution is 5.90. The zero-order chi connectivity index (χ0) is 20.9. The van der Waals surface area contributed by atoms with E-state index in [0.29, 0.717) is 12.2 Å². The molecule has 0 aromatic heterocycles. The van der Waals surface area contributed by atoms with E-state index >= 15 is 0 Å². The van der Waals surface area contributed by atoms with Gasteiger partial charge >= 0.3 is 5.97 Å². The van der Waals surface area contributed by atoms with Crippen molar-refractivity contribution in [3.8, 4) is 29.2 Å². The molecule has 3 aromatic carbocycles.